The highest BCUT2D eigenvalue weighted by Gasteiger charge is 2.03. The third-order valence-corrected chi connectivity index (χ3v) is 2.89. The van der Waals surface area contributed by atoms with Gasteiger partial charge in [-0.2, -0.15) is 0 Å². The van der Waals surface area contributed by atoms with Crippen LogP contribution in [0.4, 0.5) is 5.69 Å². The molecule has 0 aromatic heterocycles. The topological polar surface area (TPSA) is 67.4 Å². The summed E-state index contributed by atoms with van der Waals surface area (Å²) in [6.45, 7) is 4.55. The smallest absolute Gasteiger partial charge is 0.257 e. The van der Waals surface area contributed by atoms with Gasteiger partial charge in [0.05, 0.1) is 0 Å². The summed E-state index contributed by atoms with van der Waals surface area (Å²) in [6.07, 6.45) is 3.63. The number of ether oxygens (including phenoxy) is 1. The van der Waals surface area contributed by atoms with Crippen molar-refractivity contribution in [3.8, 4) is 5.75 Å². The summed E-state index contributed by atoms with van der Waals surface area (Å²) in [5, 5.41) is 5.50. The fraction of sp³-hybridized carbons (Fsp3) is 0.500. The first-order chi connectivity index (χ1) is 10.2. The summed E-state index contributed by atoms with van der Waals surface area (Å²) in [6, 6.07) is 7.01. The molecule has 0 aliphatic rings. The second-order valence-corrected chi connectivity index (χ2v) is 4.77. The molecule has 0 saturated carbocycles. The van der Waals surface area contributed by atoms with Gasteiger partial charge in [0.15, 0.2) is 6.61 Å². The molecule has 5 heteroatoms. The highest BCUT2D eigenvalue weighted by Crippen LogP contribution is 2.16. The van der Waals surface area contributed by atoms with Crippen LogP contribution in [0.25, 0.3) is 0 Å². The minimum Gasteiger partial charge on any atom is -0.484 e. The van der Waals surface area contributed by atoms with Crippen LogP contribution in [-0.4, -0.2) is 25.0 Å². The van der Waals surface area contributed by atoms with Crippen molar-refractivity contribution in [1.82, 2.24) is 5.32 Å². The lowest BCUT2D eigenvalue weighted by Gasteiger charge is -2.08. The Morgan fingerprint density at radius 2 is 1.76 bits per heavy atom. The van der Waals surface area contributed by atoms with Crippen LogP contribution in [0, 0.1) is 0 Å². The number of carbonyl (C=O) groups is 2. The molecule has 0 heterocycles. The zero-order valence-electron chi connectivity index (χ0n) is 12.8. The van der Waals surface area contributed by atoms with Crippen LogP contribution in [-0.2, 0) is 9.59 Å². The number of likely N-dealkylation sites (N-methyl/N-ethyl adjacent to an activating group) is 1. The van der Waals surface area contributed by atoms with Crippen LogP contribution < -0.4 is 15.4 Å². The molecule has 2 amide bonds. The van der Waals surface area contributed by atoms with Crippen molar-refractivity contribution in [2.24, 2.45) is 0 Å². The predicted molar refractivity (Wildman–Crippen MR) is 83.4 cm³/mol. The third kappa shape index (κ3) is 7.34. The molecule has 1 aromatic carbocycles. The van der Waals surface area contributed by atoms with Crippen molar-refractivity contribution in [2.75, 3.05) is 18.5 Å². The van der Waals surface area contributed by atoms with Crippen molar-refractivity contribution in [3.63, 3.8) is 0 Å². The second-order valence-electron chi connectivity index (χ2n) is 4.77. The van der Waals surface area contributed by atoms with Gasteiger partial charge in [-0.15, -0.1) is 0 Å². The molecule has 116 valence electrons. The Morgan fingerprint density at radius 1 is 1.05 bits per heavy atom. The van der Waals surface area contributed by atoms with Crippen LogP contribution in [0.2, 0.25) is 0 Å². The summed E-state index contributed by atoms with van der Waals surface area (Å²) >= 11 is 0. The number of unbranched alkanes of at least 4 members (excludes halogenated alkanes) is 2. The Balaban J connectivity index is 2.36. The maximum absolute atomic E-state index is 11.7. The fourth-order valence-corrected chi connectivity index (χ4v) is 1.79. The van der Waals surface area contributed by atoms with Gasteiger partial charge in [0.2, 0.25) is 5.91 Å². The van der Waals surface area contributed by atoms with Gasteiger partial charge >= 0.3 is 0 Å². The van der Waals surface area contributed by atoms with E-state index in [0.717, 1.165) is 24.9 Å². The molecule has 0 spiro atoms. The first-order valence-corrected chi connectivity index (χ1v) is 7.45. The minimum absolute atomic E-state index is 0.00341. The molecule has 0 aliphatic carbocycles. The number of nitrogens with one attached hydrogen (secondary N) is 2. The standard InChI is InChI=1S/C16H24N2O3/c1-3-5-6-7-15(19)18-13-8-10-14(11-9-13)21-12-16(20)17-4-2/h8-11H,3-7,12H2,1-2H3,(H,17,20)(H,18,19). The molecule has 0 fully saturated rings. The van der Waals surface area contributed by atoms with Gasteiger partial charge in [-0.25, -0.2) is 0 Å². The average molecular weight is 292 g/mol. The third-order valence-electron chi connectivity index (χ3n) is 2.89. The number of hydrogen-bond donors (Lipinski definition) is 2. The van der Waals surface area contributed by atoms with Crippen LogP contribution in [0.5, 0.6) is 5.75 Å². The van der Waals surface area contributed by atoms with Crippen molar-refractivity contribution >= 4 is 17.5 Å². The predicted octanol–water partition coefficient (Wildman–Crippen LogP) is 2.72. The molecule has 2 N–H and O–H groups in total. The summed E-state index contributed by atoms with van der Waals surface area (Å²) in [7, 11) is 0. The Morgan fingerprint density at radius 3 is 2.38 bits per heavy atom. The monoisotopic (exact) mass is 292 g/mol. The van der Waals surface area contributed by atoms with E-state index < -0.39 is 0 Å². The molecule has 1 aromatic rings. The number of anilines is 1. The quantitative estimate of drug-likeness (QED) is 0.688. The van der Waals surface area contributed by atoms with E-state index in [-0.39, 0.29) is 18.4 Å². The van der Waals surface area contributed by atoms with Gasteiger partial charge in [-0.1, -0.05) is 19.8 Å². The van der Waals surface area contributed by atoms with Crippen LogP contribution in [0.15, 0.2) is 24.3 Å². The lowest BCUT2D eigenvalue weighted by molar-refractivity contribution is -0.123. The van der Waals surface area contributed by atoms with Crippen molar-refractivity contribution < 1.29 is 14.3 Å². The average Bonchev–Trinajstić information content (AvgIpc) is 2.47. The minimum atomic E-state index is -0.147. The number of carbonyl (C=O) groups excluding carboxylic acids is 2. The first-order valence-electron chi connectivity index (χ1n) is 7.45. The maximum Gasteiger partial charge on any atom is 0.257 e. The number of benzene rings is 1. The zero-order valence-corrected chi connectivity index (χ0v) is 12.8. The van der Waals surface area contributed by atoms with E-state index >= 15 is 0 Å². The maximum atomic E-state index is 11.7. The van der Waals surface area contributed by atoms with Crippen LogP contribution in [0.1, 0.15) is 39.5 Å². The Hall–Kier alpha value is -2.04. The summed E-state index contributed by atoms with van der Waals surface area (Å²) in [4.78, 5) is 22.9. The summed E-state index contributed by atoms with van der Waals surface area (Å²) < 4.78 is 5.34. The molecule has 0 bridgehead atoms. The van der Waals surface area contributed by atoms with E-state index in [1.54, 1.807) is 24.3 Å². The molecule has 5 nitrogen and oxygen atoms in total. The van der Waals surface area contributed by atoms with Crippen LogP contribution >= 0.6 is 0 Å². The number of amides is 2. The zero-order chi connectivity index (χ0) is 15.5. The van der Waals surface area contributed by atoms with E-state index in [1.807, 2.05) is 6.92 Å². The summed E-state index contributed by atoms with van der Waals surface area (Å²) in [5.74, 6) is 0.482. The molecule has 0 radical (unpaired) electrons. The Labute approximate surface area is 126 Å². The van der Waals surface area contributed by atoms with E-state index in [2.05, 4.69) is 17.6 Å². The van der Waals surface area contributed by atoms with Gasteiger partial charge < -0.3 is 15.4 Å². The fourth-order valence-electron chi connectivity index (χ4n) is 1.79. The molecule has 0 aliphatic heterocycles. The normalized spacial score (nSPS) is 10.0. The largest absolute Gasteiger partial charge is 0.484 e. The Bertz CT molecular complexity index is 443. The molecule has 1 rings (SSSR count). The molecular formula is C16H24N2O3. The van der Waals surface area contributed by atoms with Crippen molar-refractivity contribution in [1.29, 1.82) is 0 Å². The summed E-state index contributed by atoms with van der Waals surface area (Å²) in [5.41, 5.74) is 0.738. The highest BCUT2D eigenvalue weighted by molar-refractivity contribution is 5.90. The van der Waals surface area contributed by atoms with Gasteiger partial charge in [-0.05, 0) is 37.6 Å². The molecule has 0 saturated heterocycles. The molecule has 0 atom stereocenters. The van der Waals surface area contributed by atoms with E-state index in [0.29, 0.717) is 18.7 Å². The molecule has 0 unspecified atom stereocenters. The van der Waals surface area contributed by atoms with Gasteiger partial charge in [0.1, 0.15) is 5.75 Å². The van der Waals surface area contributed by atoms with E-state index in [4.69, 9.17) is 4.74 Å². The number of rotatable bonds is 9. The van der Waals surface area contributed by atoms with Crippen LogP contribution in [0.3, 0.4) is 0 Å². The number of hydrogen-bond acceptors (Lipinski definition) is 3. The van der Waals surface area contributed by atoms with Crippen molar-refractivity contribution in [2.45, 2.75) is 39.5 Å². The van der Waals surface area contributed by atoms with Gasteiger partial charge in [0.25, 0.3) is 5.91 Å². The van der Waals surface area contributed by atoms with E-state index in [1.165, 1.54) is 0 Å². The second kappa shape index (κ2) is 9.80. The SMILES string of the molecule is CCCCCC(=O)Nc1ccc(OCC(=O)NCC)cc1. The van der Waals surface area contributed by atoms with Gasteiger partial charge in [0, 0.05) is 18.7 Å². The first kappa shape index (κ1) is 17.0. The lowest BCUT2D eigenvalue weighted by Crippen LogP contribution is -2.28. The van der Waals surface area contributed by atoms with Gasteiger partial charge in [-0.3, -0.25) is 9.59 Å². The Kier molecular flexibility index (Phi) is 7.94. The van der Waals surface area contributed by atoms with E-state index in [9.17, 15) is 9.59 Å². The molecular weight excluding hydrogens is 268 g/mol. The molecule has 21 heavy (non-hydrogen) atoms. The highest BCUT2D eigenvalue weighted by atomic mass is 16.5. The lowest BCUT2D eigenvalue weighted by atomic mass is 10.2. The van der Waals surface area contributed by atoms with Crippen molar-refractivity contribution in [3.05, 3.63) is 24.3 Å².